The minimum Gasteiger partial charge on any atom is -0.496 e. The lowest BCUT2D eigenvalue weighted by molar-refractivity contribution is -0.0367. The Labute approximate surface area is 141 Å². The summed E-state index contributed by atoms with van der Waals surface area (Å²) >= 11 is 0. The zero-order chi connectivity index (χ0) is 16.4. The van der Waals surface area contributed by atoms with Crippen LogP contribution < -0.4 is 4.74 Å². The van der Waals surface area contributed by atoms with Crippen molar-refractivity contribution < 1.29 is 9.47 Å². The maximum atomic E-state index is 5.83. The van der Waals surface area contributed by atoms with Gasteiger partial charge in [-0.3, -0.25) is 4.90 Å². The summed E-state index contributed by atoms with van der Waals surface area (Å²) in [5.41, 5.74) is 4.28. The van der Waals surface area contributed by atoms with Crippen LogP contribution in [0.2, 0.25) is 0 Å². The number of benzene rings is 1. The van der Waals surface area contributed by atoms with E-state index in [2.05, 4.69) is 30.9 Å². The highest BCUT2D eigenvalue weighted by molar-refractivity contribution is 5.43. The number of ether oxygens (including phenoxy) is 2. The van der Waals surface area contributed by atoms with Crippen molar-refractivity contribution in [1.29, 1.82) is 0 Å². The Morgan fingerprint density at radius 3 is 2.70 bits per heavy atom. The molecule has 1 aromatic carbocycles. The van der Waals surface area contributed by atoms with Gasteiger partial charge in [-0.15, -0.1) is 0 Å². The molecule has 1 heterocycles. The number of aryl methyl sites for hydroxylation is 2. The van der Waals surface area contributed by atoms with E-state index in [9.17, 15) is 0 Å². The van der Waals surface area contributed by atoms with Crippen LogP contribution in [0.25, 0.3) is 0 Å². The molecule has 0 radical (unpaired) electrons. The van der Waals surface area contributed by atoms with Gasteiger partial charge in [-0.2, -0.15) is 0 Å². The van der Waals surface area contributed by atoms with Crippen LogP contribution in [-0.4, -0.2) is 38.3 Å². The molecular weight excluding hydrogens is 286 g/mol. The van der Waals surface area contributed by atoms with Crippen LogP contribution in [0.5, 0.6) is 5.75 Å². The second kappa shape index (κ2) is 6.82. The average Bonchev–Trinajstić information content (AvgIpc) is 2.89. The third kappa shape index (κ3) is 3.27. The van der Waals surface area contributed by atoms with Gasteiger partial charge in [0.15, 0.2) is 0 Å². The highest BCUT2D eigenvalue weighted by atomic mass is 16.5. The van der Waals surface area contributed by atoms with E-state index in [4.69, 9.17) is 9.47 Å². The second-order valence-corrected chi connectivity index (χ2v) is 7.57. The van der Waals surface area contributed by atoms with Gasteiger partial charge in [0.25, 0.3) is 0 Å². The first-order valence-electron chi connectivity index (χ1n) is 8.97. The predicted octanol–water partition coefficient (Wildman–Crippen LogP) is 4.09. The van der Waals surface area contributed by atoms with Crippen LogP contribution in [0.1, 0.15) is 48.8 Å². The van der Waals surface area contributed by atoms with Gasteiger partial charge in [-0.25, -0.2) is 0 Å². The first-order valence-corrected chi connectivity index (χ1v) is 8.97. The normalized spacial score (nSPS) is 28.4. The molecule has 2 atom stereocenters. The summed E-state index contributed by atoms with van der Waals surface area (Å²) in [6.07, 6.45) is 6.94. The van der Waals surface area contributed by atoms with Crippen LogP contribution >= 0.6 is 0 Å². The molecule has 1 saturated heterocycles. The van der Waals surface area contributed by atoms with E-state index in [1.54, 1.807) is 7.11 Å². The molecule has 0 amide bonds. The monoisotopic (exact) mass is 317 g/mol. The molecule has 3 nitrogen and oxygen atoms in total. The molecule has 1 aliphatic heterocycles. The van der Waals surface area contributed by atoms with Crippen molar-refractivity contribution in [3.05, 3.63) is 28.8 Å². The van der Waals surface area contributed by atoms with E-state index in [-0.39, 0.29) is 0 Å². The van der Waals surface area contributed by atoms with Gasteiger partial charge in [-0.1, -0.05) is 24.1 Å². The highest BCUT2D eigenvalue weighted by Gasteiger charge is 2.45. The molecule has 2 aliphatic rings. The fraction of sp³-hybridized carbons (Fsp3) is 0.700. The first-order chi connectivity index (χ1) is 11.1. The number of methoxy groups -OCH3 is 2. The van der Waals surface area contributed by atoms with E-state index in [1.165, 1.54) is 61.9 Å². The van der Waals surface area contributed by atoms with Crippen LogP contribution in [0.4, 0.5) is 0 Å². The molecule has 1 spiro atoms. The van der Waals surface area contributed by atoms with Gasteiger partial charge < -0.3 is 9.47 Å². The molecule has 3 heteroatoms. The van der Waals surface area contributed by atoms with Gasteiger partial charge in [-0.05, 0) is 51.6 Å². The van der Waals surface area contributed by atoms with Crippen molar-refractivity contribution in [3.63, 3.8) is 0 Å². The van der Waals surface area contributed by atoms with E-state index in [1.807, 2.05) is 7.11 Å². The molecule has 1 saturated carbocycles. The quantitative estimate of drug-likeness (QED) is 0.835. The van der Waals surface area contributed by atoms with Crippen LogP contribution in [0, 0.1) is 19.3 Å². The Hall–Kier alpha value is -1.06. The van der Waals surface area contributed by atoms with Crippen molar-refractivity contribution in [2.75, 3.05) is 27.3 Å². The topological polar surface area (TPSA) is 21.7 Å². The Balaban J connectivity index is 1.78. The van der Waals surface area contributed by atoms with Crippen LogP contribution in [-0.2, 0) is 11.3 Å². The number of hydrogen-bond acceptors (Lipinski definition) is 3. The summed E-state index contributed by atoms with van der Waals surface area (Å²) < 4.78 is 11.5. The molecule has 128 valence electrons. The van der Waals surface area contributed by atoms with E-state index >= 15 is 0 Å². The summed E-state index contributed by atoms with van der Waals surface area (Å²) in [5, 5.41) is 0. The molecule has 0 bridgehead atoms. The van der Waals surface area contributed by atoms with E-state index in [0.717, 1.165) is 12.3 Å². The number of rotatable bonds is 4. The second-order valence-electron chi connectivity index (χ2n) is 7.57. The van der Waals surface area contributed by atoms with E-state index in [0.29, 0.717) is 11.5 Å². The maximum absolute atomic E-state index is 5.83. The molecule has 1 aromatic rings. The Kier molecular flexibility index (Phi) is 4.98. The molecule has 23 heavy (non-hydrogen) atoms. The summed E-state index contributed by atoms with van der Waals surface area (Å²) in [6.45, 7) is 7.66. The number of nitrogens with zero attached hydrogens (tertiary/aromatic N) is 1. The van der Waals surface area contributed by atoms with Crippen molar-refractivity contribution in [2.45, 2.75) is 58.6 Å². The zero-order valence-corrected chi connectivity index (χ0v) is 15.2. The lowest BCUT2D eigenvalue weighted by Gasteiger charge is -2.44. The van der Waals surface area contributed by atoms with Crippen molar-refractivity contribution in [3.8, 4) is 5.75 Å². The van der Waals surface area contributed by atoms with Crippen molar-refractivity contribution in [1.82, 2.24) is 4.90 Å². The fourth-order valence-corrected chi connectivity index (χ4v) is 5.03. The largest absolute Gasteiger partial charge is 0.496 e. The average molecular weight is 317 g/mol. The van der Waals surface area contributed by atoms with Crippen molar-refractivity contribution >= 4 is 0 Å². The summed E-state index contributed by atoms with van der Waals surface area (Å²) in [5.74, 6) is 1.06. The molecule has 0 aromatic heterocycles. The Morgan fingerprint density at radius 1 is 1.17 bits per heavy atom. The molecule has 3 rings (SSSR count). The SMILES string of the molecule is COc1c(C)cc(C)cc1CN1CCC[C@]2(CCC[C@H]2OC)C1. The third-order valence-corrected chi connectivity index (χ3v) is 5.89. The molecular formula is C20H31NO2. The minimum atomic E-state index is 0.388. The van der Waals surface area contributed by atoms with E-state index < -0.39 is 0 Å². The van der Waals surface area contributed by atoms with Gasteiger partial charge >= 0.3 is 0 Å². The third-order valence-electron chi connectivity index (χ3n) is 5.89. The number of likely N-dealkylation sites (tertiary alicyclic amines) is 1. The standard InChI is InChI=1S/C20H31NO2/c1-15-11-16(2)19(23-4)17(12-15)13-21-10-6-9-20(14-21)8-5-7-18(20)22-3/h11-12,18H,5-10,13-14H2,1-4H3/t18-,20-/m1/s1. The number of hydrogen-bond donors (Lipinski definition) is 0. The Bertz CT molecular complexity index is 557. The van der Waals surface area contributed by atoms with Crippen LogP contribution in [0.3, 0.4) is 0 Å². The molecule has 2 fully saturated rings. The maximum Gasteiger partial charge on any atom is 0.126 e. The summed E-state index contributed by atoms with van der Waals surface area (Å²) in [7, 11) is 3.68. The zero-order valence-electron chi connectivity index (χ0n) is 15.2. The van der Waals surface area contributed by atoms with Gasteiger partial charge in [0.2, 0.25) is 0 Å². The predicted molar refractivity (Wildman–Crippen MR) is 94.1 cm³/mol. The van der Waals surface area contributed by atoms with Crippen LogP contribution in [0.15, 0.2) is 12.1 Å². The molecule has 1 aliphatic carbocycles. The molecule has 0 N–H and O–H groups in total. The van der Waals surface area contributed by atoms with Gasteiger partial charge in [0.05, 0.1) is 13.2 Å². The number of piperidine rings is 1. The summed E-state index contributed by atoms with van der Waals surface area (Å²) in [4.78, 5) is 2.62. The van der Waals surface area contributed by atoms with Crippen molar-refractivity contribution in [2.24, 2.45) is 5.41 Å². The Morgan fingerprint density at radius 2 is 1.96 bits per heavy atom. The van der Waals surface area contributed by atoms with Gasteiger partial charge in [0.1, 0.15) is 5.75 Å². The minimum absolute atomic E-state index is 0.388. The molecule has 0 unspecified atom stereocenters. The first kappa shape index (κ1) is 16.8. The summed E-state index contributed by atoms with van der Waals surface area (Å²) in [6, 6.07) is 4.49. The lowest BCUT2D eigenvalue weighted by Crippen LogP contribution is -2.47. The highest BCUT2D eigenvalue weighted by Crippen LogP contribution is 2.46. The smallest absolute Gasteiger partial charge is 0.126 e. The fourth-order valence-electron chi connectivity index (χ4n) is 5.03. The van der Waals surface area contributed by atoms with Gasteiger partial charge in [0, 0.05) is 31.2 Å². The lowest BCUT2D eigenvalue weighted by atomic mass is 9.76.